The molecule has 1 fully saturated rings. The van der Waals surface area contributed by atoms with Gasteiger partial charge in [-0.25, -0.2) is 0 Å². The van der Waals surface area contributed by atoms with Crippen LogP contribution in [-0.2, 0) is 4.79 Å². The van der Waals surface area contributed by atoms with E-state index in [2.05, 4.69) is 5.32 Å². The molecule has 0 aromatic rings. The molecule has 0 bridgehead atoms. The van der Waals surface area contributed by atoms with Crippen molar-refractivity contribution in [2.45, 2.75) is 46.1 Å². The molecule has 14 heavy (non-hydrogen) atoms. The van der Waals surface area contributed by atoms with Gasteiger partial charge < -0.3 is 10.4 Å². The molecule has 0 aliphatic heterocycles. The molecule has 1 saturated carbocycles. The highest BCUT2D eigenvalue weighted by molar-refractivity contribution is 5.81. The number of carbonyl (C=O) groups excluding carboxylic acids is 1. The van der Waals surface area contributed by atoms with E-state index >= 15 is 0 Å². The molecule has 0 unspecified atom stereocenters. The van der Waals surface area contributed by atoms with Crippen molar-refractivity contribution in [3.63, 3.8) is 0 Å². The van der Waals surface area contributed by atoms with Crippen molar-refractivity contribution in [3.8, 4) is 0 Å². The number of hydrogen-bond acceptors (Lipinski definition) is 2. The highest BCUT2D eigenvalue weighted by atomic mass is 16.3. The molecule has 0 aromatic heterocycles. The molecular weight excluding hydrogens is 178 g/mol. The maximum Gasteiger partial charge on any atom is 0.225 e. The van der Waals surface area contributed by atoms with Gasteiger partial charge in [0.25, 0.3) is 0 Å². The number of hydrogen-bond donors (Lipinski definition) is 2. The van der Waals surface area contributed by atoms with Crippen molar-refractivity contribution < 1.29 is 9.90 Å². The average molecular weight is 199 g/mol. The lowest BCUT2D eigenvalue weighted by molar-refractivity contribution is -0.129. The summed E-state index contributed by atoms with van der Waals surface area (Å²) in [7, 11) is 0. The Hall–Kier alpha value is -0.570. The zero-order chi connectivity index (χ0) is 11.0. The van der Waals surface area contributed by atoms with Gasteiger partial charge in [0.2, 0.25) is 5.91 Å². The Morgan fingerprint density at radius 3 is 2.21 bits per heavy atom. The second-order valence-corrected chi connectivity index (χ2v) is 5.56. The molecule has 0 heterocycles. The number of carbonyl (C=O) groups is 1. The molecule has 1 aliphatic rings. The largest absolute Gasteiger partial charge is 0.388 e. The van der Waals surface area contributed by atoms with E-state index in [1.54, 1.807) is 6.92 Å². The summed E-state index contributed by atoms with van der Waals surface area (Å²) in [5.74, 6) is 0.376. The highest BCUT2D eigenvalue weighted by Gasteiger charge is 2.40. The van der Waals surface area contributed by atoms with Gasteiger partial charge in [-0.3, -0.25) is 4.79 Å². The summed E-state index contributed by atoms with van der Waals surface area (Å²) in [6.07, 6.45) is 2.16. The summed E-state index contributed by atoms with van der Waals surface area (Å²) < 4.78 is 0. The normalized spacial score (nSPS) is 21.5. The summed E-state index contributed by atoms with van der Waals surface area (Å²) in [6, 6.07) is 0. The van der Waals surface area contributed by atoms with Crippen LogP contribution in [0.1, 0.15) is 40.5 Å². The van der Waals surface area contributed by atoms with Crippen molar-refractivity contribution in [2.75, 3.05) is 6.54 Å². The van der Waals surface area contributed by atoms with Crippen LogP contribution in [-0.4, -0.2) is 23.2 Å². The molecule has 0 aromatic carbocycles. The van der Waals surface area contributed by atoms with Gasteiger partial charge in [-0.15, -0.1) is 0 Å². The second kappa shape index (κ2) is 3.54. The maximum absolute atomic E-state index is 11.5. The van der Waals surface area contributed by atoms with Crippen molar-refractivity contribution in [3.05, 3.63) is 0 Å². The number of amides is 1. The van der Waals surface area contributed by atoms with E-state index in [1.165, 1.54) is 0 Å². The number of nitrogens with one attached hydrogen (secondary N) is 1. The van der Waals surface area contributed by atoms with E-state index in [4.69, 9.17) is 0 Å². The van der Waals surface area contributed by atoms with Crippen molar-refractivity contribution in [1.82, 2.24) is 5.32 Å². The predicted octanol–water partition coefficient (Wildman–Crippen LogP) is 1.31. The van der Waals surface area contributed by atoms with Crippen LogP contribution < -0.4 is 5.32 Å². The first-order chi connectivity index (χ1) is 6.23. The van der Waals surface area contributed by atoms with Crippen LogP contribution in [0.3, 0.4) is 0 Å². The minimum atomic E-state index is -0.721. The first kappa shape index (κ1) is 11.5. The van der Waals surface area contributed by atoms with Gasteiger partial charge in [0, 0.05) is 12.0 Å². The third-order valence-electron chi connectivity index (χ3n) is 2.74. The van der Waals surface area contributed by atoms with Crippen LogP contribution in [0.15, 0.2) is 0 Å². The zero-order valence-electron chi connectivity index (χ0n) is 9.55. The Balaban J connectivity index is 2.36. The quantitative estimate of drug-likeness (QED) is 0.720. The average Bonchev–Trinajstić information content (AvgIpc) is 2.80. The Labute approximate surface area is 85.9 Å². The fourth-order valence-electron chi connectivity index (χ4n) is 1.37. The standard InChI is InChI=1S/C11H21NO2/c1-10(2,3)9(13)12-7-11(4,14)8-5-6-8/h8,14H,5-7H2,1-4H3,(H,12,13)/t11-/m1/s1. The van der Waals surface area contributed by atoms with Crippen LogP contribution in [0, 0.1) is 11.3 Å². The first-order valence-corrected chi connectivity index (χ1v) is 5.24. The molecule has 1 aliphatic carbocycles. The van der Waals surface area contributed by atoms with Gasteiger partial charge in [0.1, 0.15) is 0 Å². The van der Waals surface area contributed by atoms with E-state index in [9.17, 15) is 9.90 Å². The SMILES string of the molecule is CC(C)(C)C(=O)NC[C@@](C)(O)C1CC1. The molecular formula is C11H21NO2. The van der Waals surface area contributed by atoms with Gasteiger partial charge in [0.05, 0.1) is 5.60 Å². The van der Waals surface area contributed by atoms with Gasteiger partial charge in [-0.05, 0) is 25.7 Å². The Kier molecular flexibility index (Phi) is 2.91. The third-order valence-corrected chi connectivity index (χ3v) is 2.74. The second-order valence-electron chi connectivity index (χ2n) is 5.56. The minimum absolute atomic E-state index is 0.00146. The van der Waals surface area contributed by atoms with Gasteiger partial charge >= 0.3 is 0 Å². The van der Waals surface area contributed by atoms with Crippen LogP contribution in [0.2, 0.25) is 0 Å². The van der Waals surface area contributed by atoms with E-state index in [0.29, 0.717) is 12.5 Å². The lowest BCUT2D eigenvalue weighted by atomic mass is 9.94. The van der Waals surface area contributed by atoms with Crippen LogP contribution in [0.4, 0.5) is 0 Å². The molecule has 0 saturated heterocycles. The molecule has 3 nitrogen and oxygen atoms in total. The maximum atomic E-state index is 11.5. The Morgan fingerprint density at radius 2 is 1.86 bits per heavy atom. The van der Waals surface area contributed by atoms with Crippen LogP contribution >= 0.6 is 0 Å². The van der Waals surface area contributed by atoms with E-state index in [-0.39, 0.29) is 11.3 Å². The molecule has 0 radical (unpaired) electrons. The molecule has 1 rings (SSSR count). The summed E-state index contributed by atoms with van der Waals surface area (Å²) in [5, 5.41) is 12.7. The lowest BCUT2D eigenvalue weighted by Gasteiger charge is -2.26. The summed E-state index contributed by atoms with van der Waals surface area (Å²) >= 11 is 0. The summed E-state index contributed by atoms with van der Waals surface area (Å²) in [6.45, 7) is 7.78. The van der Waals surface area contributed by atoms with E-state index in [1.807, 2.05) is 20.8 Å². The van der Waals surface area contributed by atoms with Crippen molar-refractivity contribution in [1.29, 1.82) is 0 Å². The van der Waals surface area contributed by atoms with Crippen molar-refractivity contribution in [2.24, 2.45) is 11.3 Å². The molecule has 2 N–H and O–H groups in total. The van der Waals surface area contributed by atoms with Crippen LogP contribution in [0.5, 0.6) is 0 Å². The molecule has 82 valence electrons. The monoisotopic (exact) mass is 199 g/mol. The molecule has 3 heteroatoms. The van der Waals surface area contributed by atoms with E-state index in [0.717, 1.165) is 12.8 Å². The molecule has 0 spiro atoms. The minimum Gasteiger partial charge on any atom is -0.388 e. The zero-order valence-corrected chi connectivity index (χ0v) is 9.55. The lowest BCUT2D eigenvalue weighted by Crippen LogP contribution is -2.45. The first-order valence-electron chi connectivity index (χ1n) is 5.24. The predicted molar refractivity (Wildman–Crippen MR) is 55.8 cm³/mol. The molecule has 1 amide bonds. The van der Waals surface area contributed by atoms with Gasteiger partial charge in [-0.1, -0.05) is 20.8 Å². The fourth-order valence-corrected chi connectivity index (χ4v) is 1.37. The summed E-state index contributed by atoms with van der Waals surface area (Å²) in [4.78, 5) is 11.5. The van der Waals surface area contributed by atoms with E-state index < -0.39 is 5.60 Å². The Bertz CT molecular complexity index is 224. The smallest absolute Gasteiger partial charge is 0.225 e. The number of rotatable bonds is 3. The van der Waals surface area contributed by atoms with Crippen LogP contribution in [0.25, 0.3) is 0 Å². The molecule has 1 atom stereocenters. The number of aliphatic hydroxyl groups is 1. The third kappa shape index (κ3) is 2.98. The highest BCUT2D eigenvalue weighted by Crippen LogP contribution is 2.39. The topological polar surface area (TPSA) is 49.3 Å². The summed E-state index contributed by atoms with van der Waals surface area (Å²) in [5.41, 5.74) is -1.10. The van der Waals surface area contributed by atoms with Gasteiger partial charge in [-0.2, -0.15) is 0 Å². The fraction of sp³-hybridized carbons (Fsp3) is 0.909. The van der Waals surface area contributed by atoms with Gasteiger partial charge in [0.15, 0.2) is 0 Å². The Morgan fingerprint density at radius 1 is 1.36 bits per heavy atom. The van der Waals surface area contributed by atoms with Crippen molar-refractivity contribution >= 4 is 5.91 Å².